The van der Waals surface area contributed by atoms with Gasteiger partial charge in [0, 0.05) is 12.8 Å². The van der Waals surface area contributed by atoms with Gasteiger partial charge < -0.3 is 28.5 Å². The minimum atomic E-state index is -1.51. The van der Waals surface area contributed by atoms with E-state index >= 15 is 0 Å². The van der Waals surface area contributed by atoms with Gasteiger partial charge in [-0.15, -0.1) is 0 Å². The van der Waals surface area contributed by atoms with Crippen LogP contribution < -0.4 is 0 Å². The zero-order chi connectivity index (χ0) is 37.1. The Balaban J connectivity index is 4.58. The molecule has 0 aliphatic heterocycles. The van der Waals surface area contributed by atoms with Gasteiger partial charge in [-0.25, -0.2) is 4.79 Å². The van der Waals surface area contributed by atoms with Crippen LogP contribution in [0.2, 0.25) is 0 Å². The number of esters is 2. The van der Waals surface area contributed by atoms with Crippen molar-refractivity contribution in [1.29, 1.82) is 0 Å². The monoisotopic (exact) mass is 707 g/mol. The van der Waals surface area contributed by atoms with Crippen LogP contribution in [0.15, 0.2) is 48.6 Å². The molecule has 9 nitrogen and oxygen atoms in total. The Labute approximate surface area is 304 Å². The lowest BCUT2D eigenvalue weighted by Gasteiger charge is -2.25. The first-order valence-electron chi connectivity index (χ1n) is 19.3. The topological polar surface area (TPSA) is 108 Å². The highest BCUT2D eigenvalue weighted by Gasteiger charge is 2.25. The van der Waals surface area contributed by atoms with E-state index in [0.717, 1.165) is 96.3 Å². The first kappa shape index (κ1) is 47.2. The minimum absolute atomic E-state index is 0.181. The van der Waals surface area contributed by atoms with Gasteiger partial charge in [0.15, 0.2) is 6.10 Å². The maximum atomic E-state index is 12.7. The van der Waals surface area contributed by atoms with E-state index in [9.17, 15) is 19.5 Å². The molecule has 288 valence electrons. The Kier molecular flexibility index (Phi) is 31.6. The van der Waals surface area contributed by atoms with E-state index < -0.39 is 24.3 Å². The number of carboxylic acid groups (broad SMARTS) is 1. The summed E-state index contributed by atoms with van der Waals surface area (Å²) in [5, 5.41) is 9.58. The van der Waals surface area contributed by atoms with Crippen molar-refractivity contribution in [2.24, 2.45) is 0 Å². The second kappa shape index (κ2) is 33.4. The van der Waals surface area contributed by atoms with E-state index in [1.807, 2.05) is 21.1 Å². The number of likely N-dealkylation sites (N-methyl/N-ethyl adjacent to an activating group) is 1. The summed E-state index contributed by atoms with van der Waals surface area (Å²) in [5.41, 5.74) is 0. The predicted octanol–water partition coefficient (Wildman–Crippen LogP) is 9.27. The van der Waals surface area contributed by atoms with E-state index in [2.05, 4.69) is 62.5 Å². The highest BCUT2D eigenvalue weighted by molar-refractivity contribution is 5.71. The molecule has 0 saturated heterocycles. The number of carboxylic acids is 1. The summed E-state index contributed by atoms with van der Waals surface area (Å²) in [6.07, 6.45) is 33.2. The molecule has 2 atom stereocenters. The second-order valence-electron chi connectivity index (χ2n) is 13.8. The Morgan fingerprint density at radius 1 is 0.620 bits per heavy atom. The summed E-state index contributed by atoms with van der Waals surface area (Å²) < 4.78 is 22.6. The highest BCUT2D eigenvalue weighted by Crippen LogP contribution is 2.12. The lowest BCUT2D eigenvalue weighted by atomic mass is 10.1. The molecule has 0 aromatic carbocycles. The van der Waals surface area contributed by atoms with Crippen LogP contribution >= 0.6 is 0 Å². The van der Waals surface area contributed by atoms with Crippen LogP contribution in [0.25, 0.3) is 0 Å². The molecular formula is C41H72NO8+. The van der Waals surface area contributed by atoms with Gasteiger partial charge in [-0.1, -0.05) is 107 Å². The fourth-order valence-electron chi connectivity index (χ4n) is 4.79. The van der Waals surface area contributed by atoms with Crippen molar-refractivity contribution in [3.05, 3.63) is 48.6 Å². The van der Waals surface area contributed by atoms with Gasteiger partial charge in [-0.05, 0) is 64.2 Å². The summed E-state index contributed by atoms with van der Waals surface area (Å²) in [7, 11) is 5.93. The number of hydrogen-bond donors (Lipinski definition) is 1. The number of unbranched alkanes of at least 4 members (excludes halogenated alkanes) is 11. The van der Waals surface area contributed by atoms with Crippen molar-refractivity contribution in [1.82, 2.24) is 0 Å². The van der Waals surface area contributed by atoms with Crippen LogP contribution in [0, 0.1) is 0 Å². The van der Waals surface area contributed by atoms with E-state index in [1.54, 1.807) is 0 Å². The number of quaternary nitrogens is 1. The summed E-state index contributed by atoms with van der Waals surface area (Å²) in [6.45, 7) is 4.63. The van der Waals surface area contributed by atoms with Crippen LogP contribution in [0.4, 0.5) is 0 Å². The fraction of sp³-hybridized carbons (Fsp3) is 0.732. The molecular weight excluding hydrogens is 634 g/mol. The van der Waals surface area contributed by atoms with Gasteiger partial charge in [-0.2, -0.15) is 0 Å². The standard InChI is InChI=1S/C41H71NO8/c1-6-8-10-12-14-16-18-19-20-21-22-24-26-28-30-32-39(44)50-37(36-49-41(40(45)46)47-34-33-42(3,4)5)35-48-38(43)31-29-27-25-23-17-15-13-11-9-7-2/h8,10-11,13-14,16,19-20,37,41H,6-7,9,12,15,17-18,21-36H2,1-5H3/p+1/b10-8-,13-11-,16-14-,20-19-. The van der Waals surface area contributed by atoms with Crippen molar-refractivity contribution in [3.63, 3.8) is 0 Å². The number of carbonyl (C=O) groups excluding carboxylic acids is 2. The second-order valence-corrected chi connectivity index (χ2v) is 13.8. The third kappa shape index (κ3) is 33.7. The molecule has 50 heavy (non-hydrogen) atoms. The van der Waals surface area contributed by atoms with Gasteiger partial charge in [0.25, 0.3) is 6.29 Å². The first-order chi connectivity index (χ1) is 24.1. The Morgan fingerprint density at radius 2 is 1.14 bits per heavy atom. The third-order valence-corrected chi connectivity index (χ3v) is 7.80. The molecule has 0 spiro atoms. The number of aliphatic carboxylic acids is 1. The molecule has 0 aromatic rings. The Bertz CT molecular complexity index is 966. The molecule has 0 bridgehead atoms. The smallest absolute Gasteiger partial charge is 0.361 e. The SMILES string of the molecule is CC/C=C\C/C=C\C/C=C\CCCCCCCC(=O)OC(COC(=O)CCCCCCC/C=C\CCC)COC(OCC[N+](C)(C)C)C(=O)O. The van der Waals surface area contributed by atoms with Crippen LogP contribution in [0.3, 0.4) is 0 Å². The molecule has 0 radical (unpaired) electrons. The van der Waals surface area contributed by atoms with Crippen LogP contribution in [0.5, 0.6) is 0 Å². The largest absolute Gasteiger partial charge is 0.477 e. The molecule has 0 saturated carbocycles. The summed E-state index contributed by atoms with van der Waals surface area (Å²) in [5.74, 6) is -2.06. The minimum Gasteiger partial charge on any atom is -0.477 e. The van der Waals surface area contributed by atoms with Crippen LogP contribution in [-0.4, -0.2) is 87.4 Å². The zero-order valence-electron chi connectivity index (χ0n) is 32.3. The number of carbonyl (C=O) groups is 3. The maximum Gasteiger partial charge on any atom is 0.361 e. The normalized spacial score (nSPS) is 13.5. The van der Waals surface area contributed by atoms with Gasteiger partial charge in [0.2, 0.25) is 0 Å². The van der Waals surface area contributed by atoms with E-state index in [-0.39, 0.29) is 38.6 Å². The van der Waals surface area contributed by atoms with Gasteiger partial charge >= 0.3 is 17.9 Å². The van der Waals surface area contributed by atoms with Crippen LogP contribution in [-0.2, 0) is 33.3 Å². The van der Waals surface area contributed by atoms with Crippen molar-refractivity contribution in [3.8, 4) is 0 Å². The molecule has 0 aliphatic carbocycles. The first-order valence-corrected chi connectivity index (χ1v) is 19.3. The van der Waals surface area contributed by atoms with Gasteiger partial charge in [0.05, 0.1) is 34.4 Å². The molecule has 0 amide bonds. The van der Waals surface area contributed by atoms with Crippen molar-refractivity contribution < 1.29 is 42.9 Å². The molecule has 0 aromatic heterocycles. The van der Waals surface area contributed by atoms with Gasteiger partial charge in [0.1, 0.15) is 13.2 Å². The van der Waals surface area contributed by atoms with Crippen molar-refractivity contribution >= 4 is 17.9 Å². The average Bonchev–Trinajstić information content (AvgIpc) is 3.06. The quantitative estimate of drug-likeness (QED) is 0.0232. The third-order valence-electron chi connectivity index (χ3n) is 7.80. The zero-order valence-corrected chi connectivity index (χ0v) is 32.3. The molecule has 0 heterocycles. The fourth-order valence-corrected chi connectivity index (χ4v) is 4.79. The molecule has 0 rings (SSSR count). The highest BCUT2D eigenvalue weighted by atomic mass is 16.7. The maximum absolute atomic E-state index is 12.7. The van der Waals surface area contributed by atoms with E-state index in [4.69, 9.17) is 18.9 Å². The van der Waals surface area contributed by atoms with Crippen molar-refractivity contribution in [2.45, 2.75) is 148 Å². The number of ether oxygens (including phenoxy) is 4. The summed E-state index contributed by atoms with van der Waals surface area (Å²) >= 11 is 0. The molecule has 9 heteroatoms. The van der Waals surface area contributed by atoms with Crippen molar-refractivity contribution in [2.75, 3.05) is 47.5 Å². The molecule has 1 N–H and O–H groups in total. The van der Waals surface area contributed by atoms with E-state index in [0.29, 0.717) is 17.4 Å². The Morgan fingerprint density at radius 3 is 1.72 bits per heavy atom. The molecule has 0 fully saturated rings. The molecule has 0 aliphatic rings. The average molecular weight is 707 g/mol. The number of nitrogens with zero attached hydrogens (tertiary/aromatic N) is 1. The predicted molar refractivity (Wildman–Crippen MR) is 203 cm³/mol. The lowest BCUT2D eigenvalue weighted by Crippen LogP contribution is -2.40. The van der Waals surface area contributed by atoms with Crippen LogP contribution in [0.1, 0.15) is 136 Å². The lowest BCUT2D eigenvalue weighted by molar-refractivity contribution is -0.870. The molecule has 2 unspecified atom stereocenters. The number of rotatable bonds is 34. The summed E-state index contributed by atoms with van der Waals surface area (Å²) in [6, 6.07) is 0. The number of allylic oxidation sites excluding steroid dienone is 8. The summed E-state index contributed by atoms with van der Waals surface area (Å²) in [4.78, 5) is 36.8. The van der Waals surface area contributed by atoms with Gasteiger partial charge in [-0.3, -0.25) is 9.59 Å². The number of hydrogen-bond acceptors (Lipinski definition) is 7. The van der Waals surface area contributed by atoms with E-state index in [1.165, 1.54) is 6.42 Å². The Hall–Kier alpha value is -2.75.